The minimum atomic E-state index is -0.377. The molecule has 7 heavy (non-hydrogen) atoms. The van der Waals surface area contributed by atoms with Crippen LogP contribution in [-0.2, 0) is 4.79 Å². The summed E-state index contributed by atoms with van der Waals surface area (Å²) < 4.78 is 0. The molecular formula is C5H7ClO. The van der Waals surface area contributed by atoms with E-state index in [1.165, 1.54) is 0 Å². The van der Waals surface area contributed by atoms with Crippen molar-refractivity contribution in [2.75, 3.05) is 0 Å². The van der Waals surface area contributed by atoms with Gasteiger partial charge < -0.3 is 4.79 Å². The van der Waals surface area contributed by atoms with Crippen LogP contribution in [0.25, 0.3) is 0 Å². The number of aldehydes is 1. The molecule has 0 aromatic rings. The topological polar surface area (TPSA) is 17.1 Å². The summed E-state index contributed by atoms with van der Waals surface area (Å²) in [6, 6.07) is 0. The molecule has 0 radical (unpaired) electrons. The van der Waals surface area contributed by atoms with Crippen LogP contribution in [0, 0.1) is 0 Å². The smallest absolute Gasteiger partial charge is 0.138 e. The fourth-order valence-corrected chi connectivity index (χ4v) is 0.341. The summed E-state index contributed by atoms with van der Waals surface area (Å²) >= 11 is 5.33. The van der Waals surface area contributed by atoms with E-state index >= 15 is 0 Å². The summed E-state index contributed by atoms with van der Waals surface area (Å²) in [5, 5.41) is -0.377. The van der Waals surface area contributed by atoms with Gasteiger partial charge in [-0.1, -0.05) is 6.08 Å². The summed E-state index contributed by atoms with van der Waals surface area (Å²) in [6.45, 7) is 3.41. The van der Waals surface area contributed by atoms with Crippen molar-refractivity contribution in [3.05, 3.63) is 12.7 Å². The Bertz CT molecular complexity index is 70.5. The fourth-order valence-electron chi connectivity index (χ4n) is 0.215. The predicted octanol–water partition coefficient (Wildman–Crippen LogP) is 1.37. The standard InChI is InChI=1S/C5H7ClO/c1-2-3-5(6)4-7/h2,4-5H,1,3H2/t5-/m0/s1. The van der Waals surface area contributed by atoms with Gasteiger partial charge in [-0.3, -0.25) is 0 Å². The molecule has 1 nitrogen and oxygen atoms in total. The molecule has 0 saturated heterocycles. The van der Waals surface area contributed by atoms with Crippen molar-refractivity contribution in [3.63, 3.8) is 0 Å². The van der Waals surface area contributed by atoms with Crippen molar-refractivity contribution in [2.24, 2.45) is 0 Å². The van der Waals surface area contributed by atoms with E-state index in [1.807, 2.05) is 0 Å². The second-order valence-electron chi connectivity index (χ2n) is 1.18. The van der Waals surface area contributed by atoms with Gasteiger partial charge >= 0.3 is 0 Å². The maximum Gasteiger partial charge on any atom is 0.138 e. The Labute approximate surface area is 48.0 Å². The van der Waals surface area contributed by atoms with E-state index < -0.39 is 0 Å². The first-order chi connectivity index (χ1) is 3.31. The van der Waals surface area contributed by atoms with Crippen LogP contribution in [0.2, 0.25) is 0 Å². The van der Waals surface area contributed by atoms with Gasteiger partial charge in [-0.05, 0) is 6.42 Å². The number of allylic oxidation sites excluding steroid dienone is 1. The van der Waals surface area contributed by atoms with E-state index in [4.69, 9.17) is 11.6 Å². The summed E-state index contributed by atoms with van der Waals surface area (Å²) in [5.41, 5.74) is 0. The third kappa shape index (κ3) is 3.53. The van der Waals surface area contributed by atoms with Crippen molar-refractivity contribution in [2.45, 2.75) is 11.8 Å². The van der Waals surface area contributed by atoms with Crippen LogP contribution < -0.4 is 0 Å². The van der Waals surface area contributed by atoms with Gasteiger partial charge in [0, 0.05) is 0 Å². The first kappa shape index (κ1) is 6.70. The molecule has 0 rings (SSSR count). The van der Waals surface area contributed by atoms with E-state index in [-0.39, 0.29) is 5.38 Å². The van der Waals surface area contributed by atoms with Gasteiger partial charge in [-0.2, -0.15) is 0 Å². The summed E-state index contributed by atoms with van der Waals surface area (Å²) in [4.78, 5) is 9.72. The Morgan fingerprint density at radius 1 is 1.86 bits per heavy atom. The summed E-state index contributed by atoms with van der Waals surface area (Å²) in [5.74, 6) is 0. The molecule has 0 heterocycles. The molecule has 0 aliphatic rings. The number of halogens is 1. The van der Waals surface area contributed by atoms with Crippen LogP contribution in [0.3, 0.4) is 0 Å². The Hall–Kier alpha value is -0.300. The zero-order chi connectivity index (χ0) is 5.70. The number of rotatable bonds is 3. The van der Waals surface area contributed by atoms with Gasteiger partial charge in [0.1, 0.15) is 6.29 Å². The normalized spacial score (nSPS) is 12.7. The van der Waals surface area contributed by atoms with Crippen molar-refractivity contribution in [3.8, 4) is 0 Å². The molecule has 0 N–H and O–H groups in total. The van der Waals surface area contributed by atoms with E-state index in [0.717, 1.165) is 0 Å². The Kier molecular flexibility index (Phi) is 3.71. The Morgan fingerprint density at radius 2 is 2.43 bits per heavy atom. The highest BCUT2D eigenvalue weighted by molar-refractivity contribution is 6.27. The van der Waals surface area contributed by atoms with E-state index in [9.17, 15) is 4.79 Å². The highest BCUT2D eigenvalue weighted by atomic mass is 35.5. The van der Waals surface area contributed by atoms with Crippen molar-refractivity contribution in [1.82, 2.24) is 0 Å². The number of hydrogen-bond acceptors (Lipinski definition) is 1. The zero-order valence-electron chi connectivity index (χ0n) is 3.93. The monoisotopic (exact) mass is 118 g/mol. The quantitative estimate of drug-likeness (QED) is 0.311. The molecule has 2 heteroatoms. The van der Waals surface area contributed by atoms with Crippen LogP contribution in [0.1, 0.15) is 6.42 Å². The number of carbonyl (C=O) groups is 1. The first-order valence-corrected chi connectivity index (χ1v) is 2.45. The lowest BCUT2D eigenvalue weighted by Gasteiger charge is -1.88. The number of alkyl halides is 1. The first-order valence-electron chi connectivity index (χ1n) is 2.01. The molecule has 0 saturated carbocycles. The molecule has 0 spiro atoms. The highest BCUT2D eigenvalue weighted by Crippen LogP contribution is 1.96. The molecule has 0 fully saturated rings. The molecule has 0 aliphatic heterocycles. The largest absolute Gasteiger partial charge is 0.302 e. The highest BCUT2D eigenvalue weighted by Gasteiger charge is 1.94. The van der Waals surface area contributed by atoms with Gasteiger partial charge in [0.15, 0.2) is 0 Å². The van der Waals surface area contributed by atoms with Crippen LogP contribution in [0.15, 0.2) is 12.7 Å². The average Bonchev–Trinajstić information content (AvgIpc) is 1.68. The summed E-state index contributed by atoms with van der Waals surface area (Å²) in [6.07, 6.45) is 2.88. The van der Waals surface area contributed by atoms with Gasteiger partial charge in [0.05, 0.1) is 5.38 Å². The third-order valence-corrected chi connectivity index (χ3v) is 0.821. The zero-order valence-corrected chi connectivity index (χ0v) is 4.69. The van der Waals surface area contributed by atoms with Crippen LogP contribution >= 0.6 is 11.6 Å². The van der Waals surface area contributed by atoms with Crippen LogP contribution in [-0.4, -0.2) is 11.7 Å². The van der Waals surface area contributed by atoms with Crippen molar-refractivity contribution in [1.29, 1.82) is 0 Å². The molecule has 0 amide bonds. The second-order valence-corrected chi connectivity index (χ2v) is 1.74. The molecule has 0 aliphatic carbocycles. The van der Waals surface area contributed by atoms with Crippen molar-refractivity contribution >= 4 is 17.9 Å². The van der Waals surface area contributed by atoms with E-state index in [2.05, 4.69) is 6.58 Å². The molecule has 0 aromatic heterocycles. The Balaban J connectivity index is 3.15. The van der Waals surface area contributed by atoms with E-state index in [0.29, 0.717) is 12.7 Å². The molecule has 0 aromatic carbocycles. The maximum absolute atomic E-state index is 9.72. The average molecular weight is 119 g/mol. The number of hydrogen-bond donors (Lipinski definition) is 0. The van der Waals surface area contributed by atoms with Gasteiger partial charge in [-0.15, -0.1) is 18.2 Å². The molecule has 0 bridgehead atoms. The lowest BCUT2D eigenvalue weighted by atomic mass is 10.3. The van der Waals surface area contributed by atoms with Crippen LogP contribution in [0.5, 0.6) is 0 Å². The third-order valence-electron chi connectivity index (χ3n) is 0.539. The lowest BCUT2D eigenvalue weighted by Crippen LogP contribution is -1.95. The molecule has 40 valence electrons. The number of carbonyl (C=O) groups excluding carboxylic acids is 1. The summed E-state index contributed by atoms with van der Waals surface area (Å²) in [7, 11) is 0. The SMILES string of the molecule is C=CC[C@H](Cl)C=O. The van der Waals surface area contributed by atoms with Gasteiger partial charge in [-0.25, -0.2) is 0 Å². The second kappa shape index (κ2) is 3.88. The lowest BCUT2D eigenvalue weighted by molar-refractivity contribution is -0.107. The van der Waals surface area contributed by atoms with Crippen molar-refractivity contribution < 1.29 is 4.79 Å². The maximum atomic E-state index is 9.72. The Morgan fingerprint density at radius 3 is 2.57 bits per heavy atom. The van der Waals surface area contributed by atoms with Gasteiger partial charge in [0.2, 0.25) is 0 Å². The minimum Gasteiger partial charge on any atom is -0.302 e. The minimum absolute atomic E-state index is 0.377. The molecule has 0 unspecified atom stereocenters. The molecule has 1 atom stereocenters. The fraction of sp³-hybridized carbons (Fsp3) is 0.400. The van der Waals surface area contributed by atoms with Gasteiger partial charge in [0.25, 0.3) is 0 Å². The van der Waals surface area contributed by atoms with E-state index in [1.54, 1.807) is 6.08 Å². The van der Waals surface area contributed by atoms with Crippen LogP contribution in [0.4, 0.5) is 0 Å². The molecular weight excluding hydrogens is 112 g/mol. The predicted molar refractivity (Wildman–Crippen MR) is 30.5 cm³/mol.